The zero-order valence-corrected chi connectivity index (χ0v) is 32.7. The van der Waals surface area contributed by atoms with Crippen molar-refractivity contribution in [1.82, 2.24) is 10.3 Å². The third-order valence-corrected chi connectivity index (χ3v) is 15.9. The number of carbonyl (C=O) groups is 3. The molecule has 6 rings (SSSR count). The van der Waals surface area contributed by atoms with Crippen molar-refractivity contribution < 1.29 is 29.3 Å². The Morgan fingerprint density at radius 2 is 1.71 bits per heavy atom. The third kappa shape index (κ3) is 5.93. The van der Waals surface area contributed by atoms with E-state index in [-0.39, 0.29) is 51.8 Å². The first-order valence-corrected chi connectivity index (χ1v) is 19.7. The lowest BCUT2D eigenvalue weighted by Gasteiger charge is -2.72. The number of ketones is 1. The summed E-state index contributed by atoms with van der Waals surface area (Å²) in [6.45, 7) is 20.6. The topological polar surface area (TPSA) is 126 Å². The molecule has 1 aromatic heterocycles. The van der Waals surface area contributed by atoms with Gasteiger partial charge in [-0.2, -0.15) is 0 Å². The number of hydrogen-bond acceptors (Lipinski definition) is 7. The predicted molar refractivity (Wildman–Crippen MR) is 197 cm³/mol. The SMILES string of the molecule is CC(C)C1=C2[C@H]3CC[C@@H]4[C@@]5(C)CC[C@H](OC(=O)CC(C)(C)C(=O)O)C(C)(C)[C@@H]5CC[C@@]4(C)[C@]3(C)CCC2(C(O)CNCc2ccccn2)CC1=O. The Bertz CT molecular complexity index is 1570. The van der Waals surface area contributed by atoms with Gasteiger partial charge in [-0.05, 0) is 123 Å². The molecular weight excluding hydrogens is 640 g/mol. The van der Waals surface area contributed by atoms with E-state index >= 15 is 0 Å². The normalized spacial score (nSPS) is 38.0. The van der Waals surface area contributed by atoms with Crippen molar-refractivity contribution in [2.45, 2.75) is 145 Å². The number of aliphatic carboxylic acids is 1. The molecular formula is C43H64N2O6. The largest absolute Gasteiger partial charge is 0.481 e. The number of aliphatic hydroxyl groups excluding tert-OH is 1. The van der Waals surface area contributed by atoms with E-state index in [2.05, 4.69) is 58.8 Å². The smallest absolute Gasteiger partial charge is 0.309 e. The van der Waals surface area contributed by atoms with Gasteiger partial charge in [-0.25, -0.2) is 0 Å². The van der Waals surface area contributed by atoms with Gasteiger partial charge in [0.25, 0.3) is 0 Å². The Hall–Kier alpha value is -2.58. The molecule has 0 saturated heterocycles. The summed E-state index contributed by atoms with van der Waals surface area (Å²) in [4.78, 5) is 43.2. The summed E-state index contributed by atoms with van der Waals surface area (Å²) in [5.74, 6) is 0.0552. The summed E-state index contributed by atoms with van der Waals surface area (Å²) in [6, 6.07) is 5.87. The van der Waals surface area contributed by atoms with Crippen molar-refractivity contribution in [2.24, 2.45) is 56.2 Å². The van der Waals surface area contributed by atoms with Crippen LogP contribution in [0.25, 0.3) is 0 Å². The minimum absolute atomic E-state index is 0.00946. The minimum atomic E-state index is -1.16. The molecule has 4 saturated carbocycles. The second kappa shape index (κ2) is 13.1. The second-order valence-electron chi connectivity index (χ2n) is 19.5. The van der Waals surface area contributed by atoms with Crippen molar-refractivity contribution in [3.05, 3.63) is 41.2 Å². The first-order valence-electron chi connectivity index (χ1n) is 19.7. The summed E-state index contributed by atoms with van der Waals surface area (Å²) in [7, 11) is 0. The molecule has 5 aliphatic rings. The van der Waals surface area contributed by atoms with E-state index in [9.17, 15) is 24.6 Å². The zero-order chi connectivity index (χ0) is 37.4. The highest BCUT2D eigenvalue weighted by molar-refractivity contribution is 6.00. The molecule has 4 fully saturated rings. The molecule has 0 amide bonds. The molecule has 51 heavy (non-hydrogen) atoms. The summed E-state index contributed by atoms with van der Waals surface area (Å²) < 4.78 is 6.16. The van der Waals surface area contributed by atoms with Crippen molar-refractivity contribution in [2.75, 3.05) is 6.54 Å². The number of rotatable bonds is 10. The maximum absolute atomic E-state index is 14.0. The van der Waals surface area contributed by atoms with E-state index in [0.717, 1.165) is 62.6 Å². The quantitative estimate of drug-likeness (QED) is 0.210. The van der Waals surface area contributed by atoms with Gasteiger partial charge in [0.1, 0.15) is 6.10 Å². The van der Waals surface area contributed by atoms with Gasteiger partial charge in [-0.1, -0.05) is 60.1 Å². The van der Waals surface area contributed by atoms with E-state index in [1.165, 1.54) is 5.57 Å². The maximum Gasteiger partial charge on any atom is 0.309 e. The Labute approximate surface area is 306 Å². The highest BCUT2D eigenvalue weighted by atomic mass is 16.5. The van der Waals surface area contributed by atoms with Crippen LogP contribution in [0.5, 0.6) is 0 Å². The number of aromatic nitrogens is 1. The van der Waals surface area contributed by atoms with Crippen molar-refractivity contribution >= 4 is 17.7 Å². The molecule has 0 aromatic carbocycles. The number of Topliss-reactive ketones (excluding diaryl/α,β-unsaturated/α-hetero) is 1. The van der Waals surface area contributed by atoms with Crippen LogP contribution < -0.4 is 5.32 Å². The number of ether oxygens (including phenoxy) is 1. The first-order chi connectivity index (χ1) is 23.7. The summed E-state index contributed by atoms with van der Waals surface area (Å²) in [6.07, 6.45) is 8.99. The highest BCUT2D eigenvalue weighted by Gasteiger charge is 2.70. The number of pyridine rings is 1. The van der Waals surface area contributed by atoms with E-state index < -0.39 is 28.9 Å². The number of carboxylic acids is 1. The highest BCUT2D eigenvalue weighted by Crippen LogP contribution is 2.77. The van der Waals surface area contributed by atoms with Crippen LogP contribution in [0.2, 0.25) is 0 Å². The maximum atomic E-state index is 14.0. The van der Waals surface area contributed by atoms with E-state index in [0.29, 0.717) is 31.3 Å². The number of carbonyl (C=O) groups excluding carboxylic acids is 2. The molecule has 5 aliphatic carbocycles. The summed E-state index contributed by atoms with van der Waals surface area (Å²) in [5.41, 5.74) is 1.40. The molecule has 0 spiro atoms. The molecule has 8 nitrogen and oxygen atoms in total. The summed E-state index contributed by atoms with van der Waals surface area (Å²) >= 11 is 0. The fourth-order valence-corrected chi connectivity index (χ4v) is 12.9. The van der Waals surface area contributed by atoms with Gasteiger partial charge in [0, 0.05) is 36.5 Å². The van der Waals surface area contributed by atoms with E-state index in [1.54, 1.807) is 20.0 Å². The van der Waals surface area contributed by atoms with E-state index in [4.69, 9.17) is 4.74 Å². The second-order valence-corrected chi connectivity index (χ2v) is 19.5. The van der Waals surface area contributed by atoms with Crippen LogP contribution in [0.1, 0.15) is 132 Å². The van der Waals surface area contributed by atoms with Crippen LogP contribution >= 0.6 is 0 Å². The van der Waals surface area contributed by atoms with Gasteiger partial charge in [-0.3, -0.25) is 19.4 Å². The number of hydrogen-bond donors (Lipinski definition) is 3. The van der Waals surface area contributed by atoms with E-state index in [1.807, 2.05) is 18.2 Å². The number of fused-ring (bicyclic) bond motifs is 7. The minimum Gasteiger partial charge on any atom is -0.481 e. The first kappa shape index (κ1) is 38.2. The lowest BCUT2D eigenvalue weighted by atomic mass is 9.33. The van der Waals surface area contributed by atoms with Crippen LogP contribution in [0, 0.1) is 56.2 Å². The number of carboxylic acid groups (broad SMARTS) is 1. The van der Waals surface area contributed by atoms with Crippen molar-refractivity contribution in [1.29, 1.82) is 0 Å². The molecule has 2 unspecified atom stereocenters. The molecule has 0 bridgehead atoms. The van der Waals surface area contributed by atoms with Crippen LogP contribution in [-0.2, 0) is 25.7 Å². The average molecular weight is 705 g/mol. The Balaban J connectivity index is 1.26. The Morgan fingerprint density at radius 1 is 0.980 bits per heavy atom. The van der Waals surface area contributed by atoms with Crippen molar-refractivity contribution in [3.63, 3.8) is 0 Å². The fraction of sp³-hybridized carbons (Fsp3) is 0.767. The molecule has 1 aromatic rings. The average Bonchev–Trinajstić information content (AvgIpc) is 3.36. The molecule has 8 heteroatoms. The lowest BCUT2D eigenvalue weighted by Crippen LogP contribution is -2.66. The van der Waals surface area contributed by atoms with Crippen molar-refractivity contribution in [3.8, 4) is 0 Å². The standard InChI is InChI=1S/C43H64N2O6/c1-26(2)35-29(46)22-43(32(47)25-44-24-27-12-10-11-21-45-27)20-19-41(8)28(36(35)43)13-14-31-40(7)17-16-33(51-34(48)23-38(3,4)37(49)50)39(5,6)30(40)15-18-42(31,41)9/h10-12,21,26,28,30-33,44,47H,13-20,22-25H2,1-9H3,(H,49,50)/t28-,30+,31-,32?,33+,40+,41-,42-,43?/m1/s1. The van der Waals surface area contributed by atoms with Gasteiger partial charge >= 0.3 is 11.9 Å². The summed E-state index contributed by atoms with van der Waals surface area (Å²) in [5, 5.41) is 25.2. The molecule has 1 heterocycles. The van der Waals surface area contributed by atoms with Gasteiger partial charge in [0.2, 0.25) is 0 Å². The molecule has 3 N–H and O–H groups in total. The van der Waals surface area contributed by atoms with Crippen LogP contribution in [0.4, 0.5) is 0 Å². The monoisotopic (exact) mass is 704 g/mol. The fourth-order valence-electron chi connectivity index (χ4n) is 12.9. The van der Waals surface area contributed by atoms with Crippen LogP contribution in [0.15, 0.2) is 35.5 Å². The van der Waals surface area contributed by atoms with Crippen LogP contribution in [-0.4, -0.2) is 51.7 Å². The van der Waals surface area contributed by atoms with Crippen LogP contribution in [0.3, 0.4) is 0 Å². The van der Waals surface area contributed by atoms with Gasteiger partial charge in [0.15, 0.2) is 5.78 Å². The molecule has 282 valence electrons. The molecule has 0 aliphatic heterocycles. The number of nitrogens with one attached hydrogen (secondary N) is 1. The third-order valence-electron chi connectivity index (χ3n) is 15.9. The lowest BCUT2D eigenvalue weighted by molar-refractivity contribution is -0.235. The zero-order valence-electron chi connectivity index (χ0n) is 32.7. The number of esters is 1. The molecule has 0 radical (unpaired) electrons. The number of aliphatic hydroxyl groups is 1. The van der Waals surface area contributed by atoms with Gasteiger partial charge in [-0.15, -0.1) is 0 Å². The number of nitrogens with zero attached hydrogens (tertiary/aromatic N) is 1. The predicted octanol–water partition coefficient (Wildman–Crippen LogP) is 7.93. The molecule has 9 atom stereocenters. The van der Waals surface area contributed by atoms with Gasteiger partial charge in [0.05, 0.1) is 23.6 Å². The number of allylic oxidation sites excluding steroid dienone is 1. The van der Waals surface area contributed by atoms with Gasteiger partial charge < -0.3 is 20.3 Å². The Kier molecular flexibility index (Phi) is 9.78. The Morgan fingerprint density at radius 3 is 2.35 bits per heavy atom.